The number of azide groups is 1. The molecule has 1 rings (SSSR count). The van der Waals surface area contributed by atoms with Gasteiger partial charge in [-0.2, -0.15) is 0 Å². The van der Waals surface area contributed by atoms with E-state index in [2.05, 4.69) is 15.2 Å². The van der Waals surface area contributed by atoms with Crippen molar-refractivity contribution in [3.8, 4) is 0 Å². The third-order valence-electron chi connectivity index (χ3n) is 1.62. The van der Waals surface area contributed by atoms with Crippen LogP contribution in [0, 0.1) is 6.92 Å². The Morgan fingerprint density at radius 1 is 1.79 bits per heavy atom. The number of aliphatic hydroxyl groups is 1. The molecule has 14 heavy (non-hydrogen) atoms. The molecule has 1 heterocycles. The molecule has 1 N–H and O–H groups in total. The van der Waals surface area contributed by atoms with Gasteiger partial charge in [0.15, 0.2) is 0 Å². The summed E-state index contributed by atoms with van der Waals surface area (Å²) in [6.45, 7) is 1.40. The summed E-state index contributed by atoms with van der Waals surface area (Å²) in [6, 6.07) is 0. The topological polar surface area (TPSA) is 112 Å². The molecule has 0 radical (unpaired) electrons. The molecule has 0 saturated carbocycles. The smallest absolute Gasteiger partial charge is 0.254 e. The maximum Gasteiger partial charge on any atom is 0.254 e. The van der Waals surface area contributed by atoms with Crippen LogP contribution in [0.1, 0.15) is 21.8 Å². The first-order chi connectivity index (χ1) is 6.70. The molecule has 0 aliphatic carbocycles. The van der Waals surface area contributed by atoms with E-state index in [-0.39, 0.29) is 24.4 Å². The summed E-state index contributed by atoms with van der Waals surface area (Å²) in [4.78, 5) is 13.6. The number of hydrogen-bond donors (Lipinski definition) is 1. The van der Waals surface area contributed by atoms with Crippen molar-refractivity contribution in [2.75, 3.05) is 6.61 Å². The van der Waals surface area contributed by atoms with E-state index in [0.717, 1.165) is 0 Å². The Bertz CT molecular complexity index is 392. The van der Waals surface area contributed by atoms with Gasteiger partial charge in [0.25, 0.3) is 5.91 Å². The average molecular weight is 196 g/mol. The second-order valence-electron chi connectivity index (χ2n) is 2.53. The molecule has 1 aromatic heterocycles. The van der Waals surface area contributed by atoms with Crippen LogP contribution in [0.3, 0.4) is 0 Å². The number of amides is 1. The Kier molecular flexibility index (Phi) is 3.22. The maximum atomic E-state index is 11.2. The summed E-state index contributed by atoms with van der Waals surface area (Å²) in [6.07, 6.45) is 0.170. The van der Waals surface area contributed by atoms with Crippen LogP contribution in [-0.4, -0.2) is 22.8 Å². The monoisotopic (exact) mass is 196 g/mol. The molecule has 7 heteroatoms. The minimum Gasteiger partial charge on any atom is -0.396 e. The van der Waals surface area contributed by atoms with Crippen LogP contribution in [0.4, 0.5) is 0 Å². The zero-order chi connectivity index (χ0) is 10.6. The highest BCUT2D eigenvalue weighted by atomic mass is 16.5. The van der Waals surface area contributed by atoms with Gasteiger partial charge in [0, 0.05) is 11.3 Å². The second-order valence-corrected chi connectivity index (χ2v) is 2.53. The van der Waals surface area contributed by atoms with Crippen LogP contribution >= 0.6 is 0 Å². The Morgan fingerprint density at radius 3 is 3.07 bits per heavy atom. The van der Waals surface area contributed by atoms with Crippen molar-refractivity contribution in [1.82, 2.24) is 5.16 Å². The lowest BCUT2D eigenvalue weighted by molar-refractivity contribution is 0.0997. The fraction of sp³-hybridized carbons (Fsp3) is 0.429. The number of hydrogen-bond acceptors (Lipinski definition) is 4. The van der Waals surface area contributed by atoms with E-state index in [0.29, 0.717) is 5.69 Å². The summed E-state index contributed by atoms with van der Waals surface area (Å²) in [5.41, 5.74) is 8.57. The second kappa shape index (κ2) is 4.40. The number of nitrogens with zero attached hydrogens (tertiary/aromatic N) is 4. The molecule has 1 amide bonds. The van der Waals surface area contributed by atoms with Crippen molar-refractivity contribution in [1.29, 1.82) is 0 Å². The largest absolute Gasteiger partial charge is 0.396 e. The zero-order valence-corrected chi connectivity index (χ0v) is 7.47. The molecular weight excluding hydrogens is 188 g/mol. The summed E-state index contributed by atoms with van der Waals surface area (Å²) >= 11 is 0. The molecule has 0 aliphatic heterocycles. The van der Waals surface area contributed by atoms with Gasteiger partial charge in [-0.05, 0) is 17.6 Å². The zero-order valence-electron chi connectivity index (χ0n) is 7.47. The van der Waals surface area contributed by atoms with Crippen LogP contribution in [0.5, 0.6) is 0 Å². The van der Waals surface area contributed by atoms with E-state index in [1.165, 1.54) is 0 Å². The number of aromatic nitrogens is 1. The minimum absolute atomic E-state index is 0.136. The Labute approximate surface area is 78.9 Å². The molecule has 0 atom stereocenters. The van der Waals surface area contributed by atoms with E-state index in [1.807, 2.05) is 0 Å². The van der Waals surface area contributed by atoms with E-state index >= 15 is 0 Å². The van der Waals surface area contributed by atoms with Crippen LogP contribution in [0.25, 0.3) is 10.4 Å². The van der Waals surface area contributed by atoms with Crippen molar-refractivity contribution < 1.29 is 14.4 Å². The Hall–Kier alpha value is -1.85. The number of carbonyl (C=O) groups excluding carboxylic acids is 1. The van der Waals surface area contributed by atoms with E-state index in [9.17, 15) is 4.79 Å². The number of aliphatic hydroxyl groups excluding tert-OH is 1. The van der Waals surface area contributed by atoms with Gasteiger partial charge in [0.1, 0.15) is 5.76 Å². The molecule has 0 fully saturated rings. The van der Waals surface area contributed by atoms with E-state index in [1.54, 1.807) is 6.92 Å². The first kappa shape index (κ1) is 10.2. The first-order valence-electron chi connectivity index (χ1n) is 3.86. The lowest BCUT2D eigenvalue weighted by Gasteiger charge is -1.93. The highest BCUT2D eigenvalue weighted by molar-refractivity contribution is 5.96. The molecule has 0 aliphatic rings. The molecule has 1 aromatic rings. The first-order valence-corrected chi connectivity index (χ1v) is 3.86. The van der Waals surface area contributed by atoms with Gasteiger partial charge >= 0.3 is 0 Å². The normalized spacial score (nSPS) is 9.57. The van der Waals surface area contributed by atoms with Gasteiger partial charge in [-0.15, -0.1) is 0 Å². The molecule has 74 valence electrons. The quantitative estimate of drug-likeness (QED) is 0.440. The van der Waals surface area contributed by atoms with E-state index < -0.39 is 5.91 Å². The van der Waals surface area contributed by atoms with Crippen molar-refractivity contribution in [2.24, 2.45) is 5.11 Å². The van der Waals surface area contributed by atoms with Gasteiger partial charge < -0.3 is 9.63 Å². The maximum absolute atomic E-state index is 11.2. The number of carbonyl (C=O) groups is 1. The molecule has 0 aromatic carbocycles. The lowest BCUT2D eigenvalue weighted by atomic mass is 10.1. The number of rotatable bonds is 3. The highest BCUT2D eigenvalue weighted by Crippen LogP contribution is 2.15. The van der Waals surface area contributed by atoms with Gasteiger partial charge in [-0.1, -0.05) is 5.16 Å². The predicted octanol–water partition coefficient (Wildman–Crippen LogP) is 0.968. The van der Waals surface area contributed by atoms with Crippen LogP contribution in [0.2, 0.25) is 0 Å². The molecule has 0 saturated heterocycles. The van der Waals surface area contributed by atoms with Crippen LogP contribution < -0.4 is 0 Å². The third kappa shape index (κ3) is 1.90. The number of aryl methyl sites for hydroxylation is 1. The standard InChI is InChI=1S/C7H8N4O3/c1-4-6(7(13)9-11-8)5(2-3-12)14-10-4/h12H,2-3H2,1H3. The fourth-order valence-electron chi connectivity index (χ4n) is 1.05. The van der Waals surface area contributed by atoms with Gasteiger partial charge in [-0.3, -0.25) is 4.79 Å². The lowest BCUT2D eigenvalue weighted by Crippen LogP contribution is -2.01. The van der Waals surface area contributed by atoms with Gasteiger partial charge in [0.05, 0.1) is 17.9 Å². The van der Waals surface area contributed by atoms with Crippen LogP contribution in [-0.2, 0) is 6.42 Å². The summed E-state index contributed by atoms with van der Waals surface area (Å²) in [7, 11) is 0. The summed E-state index contributed by atoms with van der Waals surface area (Å²) in [5.74, 6) is -0.503. The van der Waals surface area contributed by atoms with Gasteiger partial charge in [-0.25, -0.2) is 0 Å². The molecule has 0 unspecified atom stereocenters. The minimum atomic E-state index is -0.741. The Balaban J connectivity index is 3.09. The SMILES string of the molecule is Cc1noc(CCO)c1C(=O)N=[N+]=[N-]. The van der Waals surface area contributed by atoms with E-state index in [4.69, 9.17) is 15.2 Å². The Morgan fingerprint density at radius 2 is 2.50 bits per heavy atom. The summed E-state index contributed by atoms with van der Waals surface area (Å²) in [5, 5.41) is 15.1. The van der Waals surface area contributed by atoms with Gasteiger partial charge in [0.2, 0.25) is 0 Å². The summed E-state index contributed by atoms with van der Waals surface area (Å²) < 4.78 is 4.79. The third-order valence-corrected chi connectivity index (χ3v) is 1.62. The van der Waals surface area contributed by atoms with Crippen molar-refractivity contribution in [2.45, 2.75) is 13.3 Å². The fourth-order valence-corrected chi connectivity index (χ4v) is 1.05. The molecule has 0 spiro atoms. The molecule has 0 bridgehead atoms. The predicted molar refractivity (Wildman–Crippen MR) is 45.5 cm³/mol. The van der Waals surface area contributed by atoms with Crippen LogP contribution in [0.15, 0.2) is 9.64 Å². The van der Waals surface area contributed by atoms with Crippen molar-refractivity contribution in [3.05, 3.63) is 27.5 Å². The molecular formula is C7H8N4O3. The molecule has 7 nitrogen and oxygen atoms in total. The highest BCUT2D eigenvalue weighted by Gasteiger charge is 2.18. The average Bonchev–Trinajstić information content (AvgIpc) is 2.48. The van der Waals surface area contributed by atoms with Crippen molar-refractivity contribution >= 4 is 5.91 Å². The van der Waals surface area contributed by atoms with Crippen molar-refractivity contribution in [3.63, 3.8) is 0 Å².